The molecule has 2 aliphatic rings. The summed E-state index contributed by atoms with van der Waals surface area (Å²) >= 11 is 0. The highest BCUT2D eigenvalue weighted by molar-refractivity contribution is 4.92. The Hall–Kier alpha value is -0.400. The predicted molar refractivity (Wildman–Crippen MR) is 99.7 cm³/mol. The highest BCUT2D eigenvalue weighted by atomic mass is 16.7. The number of hydrogen-bond acceptors (Lipinski definition) is 10. The Morgan fingerprint density at radius 1 is 0.862 bits per heavy atom. The zero-order valence-electron chi connectivity index (χ0n) is 16.9. The molecule has 10 heteroatoms. The molecule has 2 aliphatic heterocycles. The molecule has 2 rings (SSSR count). The topological polar surface area (TPSA) is 158 Å². The lowest BCUT2D eigenvalue weighted by atomic mass is 9.98. The molecule has 0 bridgehead atoms. The van der Waals surface area contributed by atoms with Gasteiger partial charge in [0.2, 0.25) is 0 Å². The van der Waals surface area contributed by atoms with Gasteiger partial charge < -0.3 is 49.6 Å². The Kier molecular flexibility index (Phi) is 10.7. The van der Waals surface area contributed by atoms with Crippen LogP contribution in [0, 0.1) is 0 Å². The van der Waals surface area contributed by atoms with Crippen LogP contribution in [0.2, 0.25) is 0 Å². The molecule has 2 heterocycles. The van der Waals surface area contributed by atoms with E-state index >= 15 is 0 Å². The predicted octanol–water partition coefficient (Wildman–Crippen LogP) is -1.37. The number of hydrogen-bond donors (Lipinski definition) is 6. The van der Waals surface area contributed by atoms with Gasteiger partial charge in [-0.15, -0.1) is 0 Å². The Morgan fingerprint density at radius 3 is 2.24 bits per heavy atom. The number of aliphatic hydroxyl groups is 6. The molecule has 0 aromatic heterocycles. The first-order chi connectivity index (χ1) is 13.9. The molecule has 0 aromatic rings. The van der Waals surface area contributed by atoms with Gasteiger partial charge in [0.15, 0.2) is 12.6 Å². The molecule has 0 saturated carbocycles. The summed E-state index contributed by atoms with van der Waals surface area (Å²) in [5.41, 5.74) is 0. The highest BCUT2D eigenvalue weighted by Crippen LogP contribution is 2.28. The van der Waals surface area contributed by atoms with Crippen LogP contribution in [0.4, 0.5) is 0 Å². The van der Waals surface area contributed by atoms with Crippen LogP contribution in [0.15, 0.2) is 0 Å². The van der Waals surface area contributed by atoms with Crippen LogP contribution in [-0.2, 0) is 18.9 Å². The van der Waals surface area contributed by atoms with Crippen molar-refractivity contribution in [2.45, 2.75) is 101 Å². The van der Waals surface area contributed by atoms with E-state index in [1.165, 1.54) is 6.42 Å². The molecule has 0 radical (unpaired) electrons. The monoisotopic (exact) mass is 424 g/mol. The van der Waals surface area contributed by atoms with Crippen LogP contribution < -0.4 is 0 Å². The summed E-state index contributed by atoms with van der Waals surface area (Å²) in [4.78, 5) is 0. The minimum atomic E-state index is -1.52. The van der Waals surface area contributed by atoms with Crippen molar-refractivity contribution in [1.29, 1.82) is 0 Å². The van der Waals surface area contributed by atoms with Crippen LogP contribution in [0.25, 0.3) is 0 Å². The van der Waals surface area contributed by atoms with Gasteiger partial charge in [0.1, 0.15) is 42.7 Å². The number of unbranched alkanes of at least 4 members (excludes halogenated alkanes) is 5. The average molecular weight is 424 g/mol. The zero-order valence-corrected chi connectivity index (χ0v) is 16.9. The van der Waals surface area contributed by atoms with Crippen LogP contribution >= 0.6 is 0 Å². The molecule has 0 unspecified atom stereocenters. The summed E-state index contributed by atoms with van der Waals surface area (Å²) in [5.74, 6) is 0. The maximum Gasteiger partial charge on any atom is 0.187 e. The average Bonchev–Trinajstić information content (AvgIpc) is 2.71. The number of aliphatic hydroxyl groups excluding tert-OH is 6. The fourth-order valence-electron chi connectivity index (χ4n) is 3.53. The second-order valence-corrected chi connectivity index (χ2v) is 7.69. The van der Waals surface area contributed by atoms with Crippen LogP contribution in [0.1, 0.15) is 45.4 Å². The third-order valence-corrected chi connectivity index (χ3v) is 5.37. The molecule has 0 spiro atoms. The summed E-state index contributed by atoms with van der Waals surface area (Å²) in [7, 11) is 0. The lowest BCUT2D eigenvalue weighted by Gasteiger charge is -2.44. The minimum Gasteiger partial charge on any atom is -0.394 e. The van der Waals surface area contributed by atoms with Gasteiger partial charge in [-0.05, 0) is 6.42 Å². The number of ether oxygens (including phenoxy) is 4. The summed E-state index contributed by atoms with van der Waals surface area (Å²) in [5, 5.41) is 59.8. The van der Waals surface area contributed by atoms with Crippen molar-refractivity contribution in [2.24, 2.45) is 0 Å². The van der Waals surface area contributed by atoms with Crippen LogP contribution in [0.5, 0.6) is 0 Å². The van der Waals surface area contributed by atoms with E-state index in [-0.39, 0.29) is 6.61 Å². The third-order valence-electron chi connectivity index (χ3n) is 5.37. The first kappa shape index (κ1) is 24.9. The van der Waals surface area contributed by atoms with Crippen molar-refractivity contribution < 1.29 is 49.6 Å². The first-order valence-electron chi connectivity index (χ1n) is 10.5. The summed E-state index contributed by atoms with van der Waals surface area (Å²) in [6, 6.07) is 0. The lowest BCUT2D eigenvalue weighted by Crippen LogP contribution is -2.63. The van der Waals surface area contributed by atoms with Gasteiger partial charge in [0.05, 0.1) is 13.2 Å². The molecule has 0 aliphatic carbocycles. The molecule has 29 heavy (non-hydrogen) atoms. The van der Waals surface area contributed by atoms with E-state index in [1.807, 2.05) is 0 Å². The second kappa shape index (κ2) is 12.5. The van der Waals surface area contributed by atoms with Gasteiger partial charge in [-0.3, -0.25) is 0 Å². The Bertz CT molecular complexity index is 453. The molecule has 2 fully saturated rings. The second-order valence-electron chi connectivity index (χ2n) is 7.69. The molecule has 0 amide bonds. The van der Waals surface area contributed by atoms with Gasteiger partial charge in [0.25, 0.3) is 0 Å². The van der Waals surface area contributed by atoms with Crippen LogP contribution in [0.3, 0.4) is 0 Å². The Balaban J connectivity index is 1.96. The van der Waals surface area contributed by atoms with E-state index < -0.39 is 61.9 Å². The molecular weight excluding hydrogens is 388 g/mol. The van der Waals surface area contributed by atoms with Crippen molar-refractivity contribution in [2.75, 3.05) is 19.8 Å². The van der Waals surface area contributed by atoms with Crippen molar-refractivity contribution in [3.05, 3.63) is 0 Å². The Labute approximate surface area is 171 Å². The molecule has 0 aromatic carbocycles. The minimum absolute atomic E-state index is 0.258. The first-order valence-corrected chi connectivity index (χ1v) is 10.5. The highest BCUT2D eigenvalue weighted by Gasteiger charge is 2.49. The van der Waals surface area contributed by atoms with Gasteiger partial charge in [-0.2, -0.15) is 0 Å². The van der Waals surface area contributed by atoms with E-state index in [1.54, 1.807) is 0 Å². The molecule has 172 valence electrons. The normalized spacial score (nSPS) is 40.9. The van der Waals surface area contributed by atoms with E-state index in [0.717, 1.165) is 32.1 Å². The van der Waals surface area contributed by atoms with Gasteiger partial charge in [-0.25, -0.2) is 0 Å². The fraction of sp³-hybridized carbons (Fsp3) is 1.00. The van der Waals surface area contributed by atoms with Crippen LogP contribution in [-0.4, -0.2) is 106 Å². The van der Waals surface area contributed by atoms with E-state index in [9.17, 15) is 30.6 Å². The fourth-order valence-corrected chi connectivity index (χ4v) is 3.53. The summed E-state index contributed by atoms with van der Waals surface area (Å²) in [6.07, 6.45) is -5.67. The maximum atomic E-state index is 10.4. The molecular formula is C19H36O10. The SMILES string of the molecule is CCCCCCCCO[C@H]1[C@@H](O[C@@H]2[C@@H](O)[C@H](O)CO[C@@H]2O)O[C@H](CO)[C@@H](O)[C@@H]1O. The molecule has 10 nitrogen and oxygen atoms in total. The smallest absolute Gasteiger partial charge is 0.187 e. The molecule has 6 N–H and O–H groups in total. The van der Waals surface area contributed by atoms with E-state index in [0.29, 0.717) is 6.61 Å². The maximum absolute atomic E-state index is 10.4. The van der Waals surface area contributed by atoms with E-state index in [2.05, 4.69) is 6.92 Å². The molecule has 2 saturated heterocycles. The largest absolute Gasteiger partial charge is 0.394 e. The molecule has 9 atom stereocenters. The van der Waals surface area contributed by atoms with Crippen molar-refractivity contribution in [1.82, 2.24) is 0 Å². The van der Waals surface area contributed by atoms with Crippen molar-refractivity contribution in [3.63, 3.8) is 0 Å². The van der Waals surface area contributed by atoms with Gasteiger partial charge >= 0.3 is 0 Å². The van der Waals surface area contributed by atoms with Gasteiger partial charge in [0, 0.05) is 6.61 Å². The number of rotatable bonds is 11. The quantitative estimate of drug-likeness (QED) is 0.218. The zero-order chi connectivity index (χ0) is 21.4. The standard InChI is InChI=1S/C19H36O10/c1-2-3-4-5-6-7-8-26-17-15(24)14(23)12(9-20)28-19(17)29-16-13(22)11(21)10-27-18(16)25/h11-25H,2-10H2,1H3/t11-,12-,13+,14-,15+,16-,17-,18+,19-/m1/s1. The summed E-state index contributed by atoms with van der Waals surface area (Å²) in [6.45, 7) is 1.61. The van der Waals surface area contributed by atoms with Crippen molar-refractivity contribution >= 4 is 0 Å². The van der Waals surface area contributed by atoms with E-state index in [4.69, 9.17) is 18.9 Å². The third kappa shape index (κ3) is 6.79. The summed E-state index contributed by atoms with van der Waals surface area (Å²) < 4.78 is 21.8. The lowest BCUT2D eigenvalue weighted by molar-refractivity contribution is -0.356. The Morgan fingerprint density at radius 2 is 1.55 bits per heavy atom. The van der Waals surface area contributed by atoms with Gasteiger partial charge in [-0.1, -0.05) is 39.0 Å². The van der Waals surface area contributed by atoms with Crippen molar-refractivity contribution in [3.8, 4) is 0 Å².